The van der Waals surface area contributed by atoms with Crippen molar-refractivity contribution in [3.63, 3.8) is 0 Å². The van der Waals surface area contributed by atoms with Gasteiger partial charge >= 0.3 is 0 Å². The zero-order chi connectivity index (χ0) is 27.9. The van der Waals surface area contributed by atoms with Gasteiger partial charge in [-0.15, -0.1) is 10.2 Å². The predicted molar refractivity (Wildman–Crippen MR) is 154 cm³/mol. The van der Waals surface area contributed by atoms with Crippen LogP contribution in [0.25, 0.3) is 11.3 Å². The zero-order valence-corrected chi connectivity index (χ0v) is 23.4. The molecule has 2 aliphatic rings. The van der Waals surface area contributed by atoms with Gasteiger partial charge in [0.2, 0.25) is 5.91 Å². The number of carbonyl (C=O) groups is 2. The number of carbonyl (C=O) groups excluding carboxylic acids is 2. The number of ether oxygens (including phenoxy) is 2. The molecule has 3 heterocycles. The highest BCUT2D eigenvalue weighted by molar-refractivity contribution is 6.30. The number of hydrogen-bond acceptors (Lipinski definition) is 7. The van der Waals surface area contributed by atoms with Gasteiger partial charge in [-0.3, -0.25) is 9.59 Å². The third-order valence-electron chi connectivity index (χ3n) is 7.34. The number of aromatic nitrogens is 2. The van der Waals surface area contributed by atoms with Crippen LogP contribution in [0.1, 0.15) is 29.6 Å². The molecule has 0 radical (unpaired) electrons. The summed E-state index contributed by atoms with van der Waals surface area (Å²) in [5, 5.41) is 9.47. The molecule has 2 fully saturated rings. The summed E-state index contributed by atoms with van der Waals surface area (Å²) < 4.78 is 11.1. The standard InChI is InChI=1S/C30H34ClN5O4/c1-39-25-6-2-5-23(19-25)27-12-13-28(33-32-27)34-14-4-15-35(17-16-34)29(37)21-36(20-26-7-3-18-40-26)30(38)22-8-10-24(31)11-9-22/h2,5-6,8-13,19,26H,3-4,7,14-18,20-21H2,1H3. The van der Waals surface area contributed by atoms with Crippen LogP contribution in [0.15, 0.2) is 60.7 Å². The lowest BCUT2D eigenvalue weighted by molar-refractivity contribution is -0.132. The highest BCUT2D eigenvalue weighted by Gasteiger charge is 2.28. The smallest absolute Gasteiger partial charge is 0.254 e. The Balaban J connectivity index is 1.22. The number of methoxy groups -OCH3 is 1. The van der Waals surface area contributed by atoms with Crippen LogP contribution in [-0.2, 0) is 9.53 Å². The summed E-state index contributed by atoms with van der Waals surface area (Å²) in [5.74, 6) is 1.29. The van der Waals surface area contributed by atoms with E-state index in [0.29, 0.717) is 43.4 Å². The molecule has 1 atom stereocenters. The molecule has 10 heteroatoms. The Labute approximate surface area is 239 Å². The number of hydrogen-bond donors (Lipinski definition) is 0. The summed E-state index contributed by atoms with van der Waals surface area (Å²) in [4.78, 5) is 32.4. The lowest BCUT2D eigenvalue weighted by Crippen LogP contribution is -2.46. The normalized spacial score (nSPS) is 17.4. The van der Waals surface area contributed by atoms with Gasteiger partial charge in [0, 0.05) is 55.5 Å². The van der Waals surface area contributed by atoms with Crippen LogP contribution < -0.4 is 9.64 Å². The maximum atomic E-state index is 13.4. The van der Waals surface area contributed by atoms with E-state index in [1.807, 2.05) is 41.3 Å². The largest absolute Gasteiger partial charge is 0.497 e. The van der Waals surface area contributed by atoms with Gasteiger partial charge in [0.1, 0.15) is 12.3 Å². The summed E-state index contributed by atoms with van der Waals surface area (Å²) in [6.45, 7) is 3.65. The maximum absolute atomic E-state index is 13.4. The fourth-order valence-corrected chi connectivity index (χ4v) is 5.24. The fraction of sp³-hybridized carbons (Fsp3) is 0.400. The van der Waals surface area contributed by atoms with Gasteiger partial charge in [0.15, 0.2) is 5.82 Å². The summed E-state index contributed by atoms with van der Waals surface area (Å²) in [7, 11) is 1.64. The van der Waals surface area contributed by atoms with Crippen molar-refractivity contribution in [2.75, 3.05) is 57.9 Å². The molecule has 9 nitrogen and oxygen atoms in total. The molecule has 2 aromatic carbocycles. The van der Waals surface area contributed by atoms with E-state index in [1.54, 1.807) is 36.3 Å². The lowest BCUT2D eigenvalue weighted by atomic mass is 10.1. The number of amides is 2. The Kier molecular flexibility index (Phi) is 9.13. The van der Waals surface area contributed by atoms with Crippen molar-refractivity contribution in [2.45, 2.75) is 25.4 Å². The van der Waals surface area contributed by atoms with Crippen LogP contribution in [0.3, 0.4) is 0 Å². The number of nitrogens with zero attached hydrogens (tertiary/aromatic N) is 5. The molecule has 2 aliphatic heterocycles. The Morgan fingerprint density at radius 1 is 1.02 bits per heavy atom. The van der Waals surface area contributed by atoms with Crippen molar-refractivity contribution in [1.82, 2.24) is 20.0 Å². The SMILES string of the molecule is COc1cccc(-c2ccc(N3CCCN(C(=O)CN(CC4CCCO4)C(=O)c4ccc(Cl)cc4)CC3)nn2)c1. The Morgan fingerprint density at radius 3 is 2.60 bits per heavy atom. The first-order chi connectivity index (χ1) is 19.5. The molecular weight excluding hydrogens is 530 g/mol. The molecule has 0 N–H and O–H groups in total. The Bertz CT molecular complexity index is 1300. The van der Waals surface area contributed by atoms with Gasteiger partial charge in [-0.25, -0.2) is 0 Å². The minimum atomic E-state index is -0.191. The molecule has 3 aromatic rings. The zero-order valence-electron chi connectivity index (χ0n) is 22.7. The van der Waals surface area contributed by atoms with Crippen LogP contribution in [0.4, 0.5) is 5.82 Å². The number of rotatable bonds is 8. The quantitative estimate of drug-likeness (QED) is 0.406. The van der Waals surface area contributed by atoms with Crippen molar-refractivity contribution >= 4 is 29.2 Å². The molecule has 210 valence electrons. The monoisotopic (exact) mass is 563 g/mol. The van der Waals surface area contributed by atoms with Crippen LogP contribution in [0.2, 0.25) is 5.02 Å². The van der Waals surface area contributed by atoms with Gasteiger partial charge in [0.25, 0.3) is 5.91 Å². The molecule has 1 aromatic heterocycles. The van der Waals surface area contributed by atoms with Crippen LogP contribution in [-0.4, -0.2) is 90.9 Å². The maximum Gasteiger partial charge on any atom is 0.254 e. The van der Waals surface area contributed by atoms with Gasteiger partial charge in [-0.2, -0.15) is 0 Å². The van der Waals surface area contributed by atoms with Crippen LogP contribution >= 0.6 is 11.6 Å². The molecule has 5 rings (SSSR count). The molecule has 1 unspecified atom stereocenters. The van der Waals surface area contributed by atoms with Gasteiger partial charge < -0.3 is 24.2 Å². The molecule has 0 bridgehead atoms. The topological polar surface area (TPSA) is 88.1 Å². The Morgan fingerprint density at radius 2 is 1.88 bits per heavy atom. The van der Waals surface area contributed by atoms with E-state index in [4.69, 9.17) is 21.1 Å². The third kappa shape index (κ3) is 6.89. The van der Waals surface area contributed by atoms with E-state index in [9.17, 15) is 9.59 Å². The fourth-order valence-electron chi connectivity index (χ4n) is 5.12. The molecule has 0 saturated carbocycles. The van der Waals surface area contributed by atoms with Gasteiger partial charge in [0.05, 0.1) is 18.9 Å². The second-order valence-electron chi connectivity index (χ2n) is 10.1. The molecular formula is C30H34ClN5O4. The third-order valence-corrected chi connectivity index (χ3v) is 7.59. The average molecular weight is 564 g/mol. The van der Waals surface area contributed by atoms with Gasteiger partial charge in [-0.05, 0) is 67.8 Å². The number of anilines is 1. The van der Waals surface area contributed by atoms with Crippen molar-refractivity contribution < 1.29 is 19.1 Å². The lowest BCUT2D eigenvalue weighted by Gasteiger charge is -2.28. The molecule has 40 heavy (non-hydrogen) atoms. The van der Waals surface area contributed by atoms with Crippen molar-refractivity contribution in [3.05, 3.63) is 71.2 Å². The van der Waals surface area contributed by atoms with Crippen LogP contribution in [0, 0.1) is 0 Å². The van der Waals surface area contributed by atoms with Crippen molar-refractivity contribution in [3.8, 4) is 17.0 Å². The number of benzene rings is 2. The highest BCUT2D eigenvalue weighted by atomic mass is 35.5. The Hall–Kier alpha value is -3.69. The van der Waals surface area contributed by atoms with E-state index in [0.717, 1.165) is 48.6 Å². The minimum absolute atomic E-state index is 0.0103. The minimum Gasteiger partial charge on any atom is -0.497 e. The first kappa shape index (κ1) is 27.9. The van der Waals surface area contributed by atoms with E-state index in [2.05, 4.69) is 15.1 Å². The van der Waals surface area contributed by atoms with Crippen LogP contribution in [0.5, 0.6) is 5.75 Å². The van der Waals surface area contributed by atoms with E-state index in [-0.39, 0.29) is 24.5 Å². The van der Waals surface area contributed by atoms with E-state index >= 15 is 0 Å². The van der Waals surface area contributed by atoms with Crippen molar-refractivity contribution in [2.24, 2.45) is 0 Å². The van der Waals surface area contributed by atoms with Crippen molar-refractivity contribution in [1.29, 1.82) is 0 Å². The number of halogens is 1. The molecule has 2 amide bonds. The molecule has 0 aliphatic carbocycles. The second kappa shape index (κ2) is 13.1. The summed E-state index contributed by atoms with van der Waals surface area (Å²) in [5.41, 5.74) is 2.21. The van der Waals surface area contributed by atoms with E-state index < -0.39 is 0 Å². The van der Waals surface area contributed by atoms with Gasteiger partial charge in [-0.1, -0.05) is 23.7 Å². The molecule has 2 saturated heterocycles. The first-order valence-corrected chi connectivity index (χ1v) is 14.1. The summed E-state index contributed by atoms with van der Waals surface area (Å²) in [6.07, 6.45) is 2.59. The summed E-state index contributed by atoms with van der Waals surface area (Å²) in [6, 6.07) is 18.4. The first-order valence-electron chi connectivity index (χ1n) is 13.7. The highest BCUT2D eigenvalue weighted by Crippen LogP contribution is 2.23. The summed E-state index contributed by atoms with van der Waals surface area (Å²) >= 11 is 6.02. The molecule has 0 spiro atoms. The second-order valence-corrected chi connectivity index (χ2v) is 10.5. The van der Waals surface area contributed by atoms with E-state index in [1.165, 1.54) is 0 Å². The average Bonchev–Trinajstić information content (AvgIpc) is 3.38. The predicted octanol–water partition coefficient (Wildman–Crippen LogP) is 4.17.